The Morgan fingerprint density at radius 1 is 1.21 bits per heavy atom. The Morgan fingerprint density at radius 2 is 1.93 bits per heavy atom. The van der Waals surface area contributed by atoms with E-state index in [1.807, 2.05) is 4.90 Å². The first kappa shape index (κ1) is 23.9. The van der Waals surface area contributed by atoms with Crippen LogP contribution < -0.4 is 10.6 Å². The van der Waals surface area contributed by atoms with Gasteiger partial charge in [0.25, 0.3) is 0 Å². The van der Waals surface area contributed by atoms with Crippen molar-refractivity contribution in [1.82, 2.24) is 20.4 Å². The largest absolute Gasteiger partial charge is 0.352 e. The van der Waals surface area contributed by atoms with Crippen molar-refractivity contribution in [3.05, 3.63) is 35.4 Å². The summed E-state index contributed by atoms with van der Waals surface area (Å²) in [5.41, 5.74) is 2.55. The molecule has 0 spiro atoms. The van der Waals surface area contributed by atoms with Gasteiger partial charge in [-0.05, 0) is 44.5 Å². The highest BCUT2D eigenvalue weighted by atomic mass is 127. The zero-order chi connectivity index (χ0) is 19.9. The van der Waals surface area contributed by atoms with Crippen molar-refractivity contribution in [2.45, 2.75) is 51.2 Å². The Bertz CT molecular complexity index is 688. The number of benzene rings is 1. The minimum Gasteiger partial charge on any atom is -0.352 e. The van der Waals surface area contributed by atoms with Crippen LogP contribution in [0.25, 0.3) is 0 Å². The molecule has 2 fully saturated rings. The number of rotatable bonds is 6. The maximum absolute atomic E-state index is 12.6. The Labute approximate surface area is 192 Å². The normalized spacial score (nSPS) is 20.1. The highest BCUT2D eigenvalue weighted by Crippen LogP contribution is 2.27. The van der Waals surface area contributed by atoms with E-state index in [1.165, 1.54) is 24.0 Å². The summed E-state index contributed by atoms with van der Waals surface area (Å²) in [6.07, 6.45) is 5.54. The summed E-state index contributed by atoms with van der Waals surface area (Å²) in [5.74, 6) is 1.44. The second kappa shape index (κ2) is 11.7. The number of nitrogens with zero attached hydrogens (tertiary/aromatic N) is 3. The van der Waals surface area contributed by atoms with Crippen LogP contribution in [0.4, 0.5) is 0 Å². The van der Waals surface area contributed by atoms with Gasteiger partial charge < -0.3 is 20.4 Å². The van der Waals surface area contributed by atoms with E-state index in [0.29, 0.717) is 5.91 Å². The molecule has 0 aromatic heterocycles. The van der Waals surface area contributed by atoms with Gasteiger partial charge in [-0.2, -0.15) is 0 Å². The maximum Gasteiger partial charge on any atom is 0.225 e. The topological polar surface area (TPSA) is 60.0 Å². The molecule has 1 aliphatic heterocycles. The number of halogens is 1. The summed E-state index contributed by atoms with van der Waals surface area (Å²) in [6, 6.07) is 8.91. The number of likely N-dealkylation sites (tertiary alicyclic amines) is 1. The second-order valence-electron chi connectivity index (χ2n) is 8.38. The Balaban J connectivity index is 0.00000300. The lowest BCUT2D eigenvalue weighted by Crippen LogP contribution is -2.45. The highest BCUT2D eigenvalue weighted by molar-refractivity contribution is 14.0. The van der Waals surface area contributed by atoms with Crippen LogP contribution in [-0.2, 0) is 17.9 Å². The zero-order valence-corrected chi connectivity index (χ0v) is 20.3. The number of carbonyl (C=O) groups excluding carboxylic acids is 1. The van der Waals surface area contributed by atoms with Crippen LogP contribution in [0.15, 0.2) is 29.3 Å². The van der Waals surface area contributed by atoms with Crippen LogP contribution in [0.1, 0.15) is 43.2 Å². The molecule has 162 valence electrons. The maximum atomic E-state index is 12.6. The number of guanidine groups is 1. The fourth-order valence-corrected chi connectivity index (χ4v) is 4.29. The zero-order valence-electron chi connectivity index (χ0n) is 18.0. The van der Waals surface area contributed by atoms with Crippen molar-refractivity contribution in [2.24, 2.45) is 10.9 Å². The summed E-state index contributed by atoms with van der Waals surface area (Å²) >= 11 is 0. The first-order valence-corrected chi connectivity index (χ1v) is 10.5. The Kier molecular flexibility index (Phi) is 9.68. The monoisotopic (exact) mass is 513 g/mol. The molecule has 1 aliphatic carbocycles. The molecule has 29 heavy (non-hydrogen) atoms. The second-order valence-corrected chi connectivity index (χ2v) is 8.38. The predicted octanol–water partition coefficient (Wildman–Crippen LogP) is 2.82. The molecule has 2 N–H and O–H groups in total. The quantitative estimate of drug-likeness (QED) is 0.349. The third-order valence-corrected chi connectivity index (χ3v) is 5.72. The summed E-state index contributed by atoms with van der Waals surface area (Å²) in [6.45, 7) is 3.32. The van der Waals surface area contributed by atoms with Gasteiger partial charge in [-0.15, -0.1) is 24.0 Å². The molecule has 0 bridgehead atoms. The lowest BCUT2D eigenvalue weighted by Gasteiger charge is -2.21. The SMILES string of the molecule is CN=C(NCc1cccc(CN(C)C)c1)NC1CCN(C(=O)C2CCCC2)C1.I. The van der Waals surface area contributed by atoms with Crippen molar-refractivity contribution >= 4 is 35.8 Å². The Morgan fingerprint density at radius 3 is 2.62 bits per heavy atom. The van der Waals surface area contributed by atoms with E-state index in [1.54, 1.807) is 7.05 Å². The molecule has 1 saturated carbocycles. The van der Waals surface area contributed by atoms with Gasteiger partial charge in [0.05, 0.1) is 0 Å². The molecule has 7 heteroatoms. The smallest absolute Gasteiger partial charge is 0.225 e. The van der Waals surface area contributed by atoms with Gasteiger partial charge >= 0.3 is 0 Å². The van der Waals surface area contributed by atoms with Gasteiger partial charge in [0.15, 0.2) is 5.96 Å². The summed E-state index contributed by atoms with van der Waals surface area (Å²) in [5, 5.41) is 6.91. The van der Waals surface area contributed by atoms with E-state index in [0.717, 1.165) is 51.4 Å². The molecule has 3 rings (SSSR count). The number of aliphatic imine (C=N–C) groups is 1. The minimum atomic E-state index is 0. The summed E-state index contributed by atoms with van der Waals surface area (Å²) in [4.78, 5) is 21.2. The molecule has 0 radical (unpaired) electrons. The molecule has 1 unspecified atom stereocenters. The third kappa shape index (κ3) is 7.13. The van der Waals surface area contributed by atoms with E-state index < -0.39 is 0 Å². The number of hydrogen-bond acceptors (Lipinski definition) is 3. The van der Waals surface area contributed by atoms with Gasteiger partial charge in [-0.25, -0.2) is 0 Å². The number of hydrogen-bond donors (Lipinski definition) is 2. The average molecular weight is 513 g/mol. The lowest BCUT2D eigenvalue weighted by atomic mass is 10.1. The predicted molar refractivity (Wildman–Crippen MR) is 130 cm³/mol. The third-order valence-electron chi connectivity index (χ3n) is 5.72. The van der Waals surface area contributed by atoms with E-state index in [2.05, 4.69) is 58.9 Å². The molecule has 1 aromatic carbocycles. The highest BCUT2D eigenvalue weighted by Gasteiger charge is 2.32. The molecular formula is C22H36IN5O. The summed E-state index contributed by atoms with van der Waals surface area (Å²) in [7, 11) is 5.96. The molecule has 2 aliphatic rings. The van der Waals surface area contributed by atoms with Crippen LogP contribution in [0, 0.1) is 5.92 Å². The number of nitrogens with one attached hydrogen (secondary N) is 2. The van der Waals surface area contributed by atoms with Crippen LogP contribution >= 0.6 is 24.0 Å². The van der Waals surface area contributed by atoms with Gasteiger partial charge in [-0.3, -0.25) is 9.79 Å². The molecule has 1 atom stereocenters. The average Bonchev–Trinajstić information content (AvgIpc) is 3.36. The van der Waals surface area contributed by atoms with Gasteiger partial charge in [0.1, 0.15) is 0 Å². The fraction of sp³-hybridized carbons (Fsp3) is 0.636. The number of carbonyl (C=O) groups is 1. The molecule has 1 saturated heterocycles. The molecule has 1 aromatic rings. The van der Waals surface area contributed by atoms with Crippen LogP contribution in [0.2, 0.25) is 0 Å². The summed E-state index contributed by atoms with van der Waals surface area (Å²) < 4.78 is 0. The first-order chi connectivity index (χ1) is 13.5. The minimum absolute atomic E-state index is 0. The van der Waals surface area contributed by atoms with Crippen molar-refractivity contribution in [1.29, 1.82) is 0 Å². The van der Waals surface area contributed by atoms with Crippen LogP contribution in [0.5, 0.6) is 0 Å². The van der Waals surface area contributed by atoms with Crippen LogP contribution in [0.3, 0.4) is 0 Å². The van der Waals surface area contributed by atoms with Gasteiger partial charge in [-0.1, -0.05) is 37.1 Å². The molecule has 1 heterocycles. The van der Waals surface area contributed by atoms with Crippen molar-refractivity contribution in [2.75, 3.05) is 34.2 Å². The van der Waals surface area contributed by atoms with Gasteiger partial charge in [0.2, 0.25) is 5.91 Å². The van der Waals surface area contributed by atoms with Gasteiger partial charge in [0, 0.05) is 45.2 Å². The van der Waals surface area contributed by atoms with E-state index in [4.69, 9.17) is 0 Å². The molecular weight excluding hydrogens is 477 g/mol. The van der Waals surface area contributed by atoms with E-state index >= 15 is 0 Å². The van der Waals surface area contributed by atoms with E-state index in [-0.39, 0.29) is 35.9 Å². The Hall–Kier alpha value is -1.35. The first-order valence-electron chi connectivity index (χ1n) is 10.5. The van der Waals surface area contributed by atoms with Crippen molar-refractivity contribution in [3.8, 4) is 0 Å². The molecule has 1 amide bonds. The van der Waals surface area contributed by atoms with E-state index in [9.17, 15) is 4.79 Å². The standard InChI is InChI=1S/C22H35N5O.HI/c1-23-22(24-14-17-7-6-8-18(13-17)15-26(2)3)25-20-11-12-27(16-20)21(28)19-9-4-5-10-19;/h6-8,13,19-20H,4-5,9-12,14-16H2,1-3H3,(H2,23,24,25);1H. The number of amides is 1. The lowest BCUT2D eigenvalue weighted by molar-refractivity contribution is -0.134. The van der Waals surface area contributed by atoms with Crippen LogP contribution in [-0.4, -0.2) is 61.9 Å². The molecule has 6 nitrogen and oxygen atoms in total. The fourth-order valence-electron chi connectivity index (χ4n) is 4.29. The van der Waals surface area contributed by atoms with Crippen molar-refractivity contribution in [3.63, 3.8) is 0 Å². The van der Waals surface area contributed by atoms with Crippen molar-refractivity contribution < 1.29 is 4.79 Å².